The van der Waals surface area contributed by atoms with Gasteiger partial charge in [-0.05, 0) is 32.4 Å². The number of halogens is 1. The summed E-state index contributed by atoms with van der Waals surface area (Å²) in [5, 5.41) is 20.1. The van der Waals surface area contributed by atoms with Gasteiger partial charge in [0.25, 0.3) is 5.69 Å². The van der Waals surface area contributed by atoms with Gasteiger partial charge >= 0.3 is 0 Å². The third-order valence-corrected chi connectivity index (χ3v) is 4.54. The predicted octanol–water partition coefficient (Wildman–Crippen LogP) is 2.53. The van der Waals surface area contributed by atoms with E-state index in [9.17, 15) is 10.1 Å². The van der Waals surface area contributed by atoms with Crippen LogP contribution in [0.4, 0.5) is 11.4 Å². The highest BCUT2D eigenvalue weighted by Gasteiger charge is 2.24. The smallest absolute Gasteiger partial charge is 0.271 e. The SMILES string of the molecule is CN(CCCO)C1CCN(c2ccc([N+](=O)[O-])cc2Cl)CC1. The molecule has 0 saturated carbocycles. The summed E-state index contributed by atoms with van der Waals surface area (Å²) in [4.78, 5) is 14.8. The Morgan fingerprint density at radius 3 is 2.68 bits per heavy atom. The highest BCUT2D eigenvalue weighted by atomic mass is 35.5. The van der Waals surface area contributed by atoms with Crippen LogP contribution in [0.25, 0.3) is 0 Å². The molecule has 1 aromatic carbocycles. The number of rotatable bonds is 6. The zero-order valence-electron chi connectivity index (χ0n) is 12.7. The van der Waals surface area contributed by atoms with Gasteiger partial charge in [-0.1, -0.05) is 11.6 Å². The largest absolute Gasteiger partial charge is 0.396 e. The fourth-order valence-electron chi connectivity index (χ4n) is 2.92. The van der Waals surface area contributed by atoms with Crippen molar-refractivity contribution in [3.05, 3.63) is 33.3 Å². The lowest BCUT2D eigenvalue weighted by Crippen LogP contribution is -2.43. The topological polar surface area (TPSA) is 69.8 Å². The van der Waals surface area contributed by atoms with Gasteiger partial charge in [-0.15, -0.1) is 0 Å². The van der Waals surface area contributed by atoms with E-state index >= 15 is 0 Å². The summed E-state index contributed by atoms with van der Waals surface area (Å²) < 4.78 is 0. The number of nitro benzene ring substituents is 1. The van der Waals surface area contributed by atoms with Gasteiger partial charge in [0.05, 0.1) is 15.6 Å². The van der Waals surface area contributed by atoms with Crippen LogP contribution in [0.3, 0.4) is 0 Å². The summed E-state index contributed by atoms with van der Waals surface area (Å²) in [5.41, 5.74) is 0.885. The quantitative estimate of drug-likeness (QED) is 0.642. The van der Waals surface area contributed by atoms with Crippen molar-refractivity contribution in [2.75, 3.05) is 38.2 Å². The third-order valence-electron chi connectivity index (χ3n) is 4.24. The zero-order valence-corrected chi connectivity index (χ0v) is 13.5. The number of aliphatic hydroxyl groups excluding tert-OH is 1. The summed E-state index contributed by atoms with van der Waals surface area (Å²) in [6.07, 6.45) is 2.84. The molecule has 0 aliphatic carbocycles. The number of hydrogen-bond acceptors (Lipinski definition) is 5. The molecule has 1 fully saturated rings. The van der Waals surface area contributed by atoms with Crippen molar-refractivity contribution in [3.8, 4) is 0 Å². The second-order valence-corrected chi connectivity index (χ2v) is 6.08. The summed E-state index contributed by atoms with van der Waals surface area (Å²) in [6.45, 7) is 2.89. The van der Waals surface area contributed by atoms with Gasteiger partial charge in [0.2, 0.25) is 0 Å². The normalized spacial score (nSPS) is 16.3. The van der Waals surface area contributed by atoms with Gasteiger partial charge < -0.3 is 14.9 Å². The maximum atomic E-state index is 10.8. The molecule has 122 valence electrons. The van der Waals surface area contributed by atoms with Gasteiger partial charge in [-0.2, -0.15) is 0 Å². The van der Waals surface area contributed by atoms with E-state index in [1.165, 1.54) is 12.1 Å². The number of hydrogen-bond donors (Lipinski definition) is 1. The number of nitrogens with zero attached hydrogens (tertiary/aromatic N) is 3. The van der Waals surface area contributed by atoms with Crippen LogP contribution in [0, 0.1) is 10.1 Å². The molecule has 1 N–H and O–H groups in total. The molecule has 0 atom stereocenters. The van der Waals surface area contributed by atoms with Crippen molar-refractivity contribution in [1.82, 2.24) is 4.90 Å². The van der Waals surface area contributed by atoms with E-state index in [0.29, 0.717) is 11.1 Å². The molecule has 0 bridgehead atoms. The molecule has 0 radical (unpaired) electrons. The summed E-state index contributed by atoms with van der Waals surface area (Å²) in [6, 6.07) is 5.16. The lowest BCUT2D eigenvalue weighted by molar-refractivity contribution is -0.384. The minimum Gasteiger partial charge on any atom is -0.396 e. The zero-order chi connectivity index (χ0) is 16.1. The number of nitro groups is 1. The number of piperidine rings is 1. The molecular weight excluding hydrogens is 306 g/mol. The standard InChI is InChI=1S/C15H22ClN3O3/c1-17(7-2-10-20)12-5-8-18(9-6-12)15-4-3-13(19(21)22)11-14(15)16/h3-4,11-12,20H,2,5-10H2,1H3. The van der Waals surface area contributed by atoms with Crippen LogP contribution >= 0.6 is 11.6 Å². The van der Waals surface area contributed by atoms with Gasteiger partial charge in [0.1, 0.15) is 0 Å². The minimum atomic E-state index is -0.433. The molecule has 6 nitrogen and oxygen atoms in total. The van der Waals surface area contributed by atoms with Gasteiger partial charge in [-0.25, -0.2) is 0 Å². The number of anilines is 1. The Morgan fingerprint density at radius 2 is 2.14 bits per heavy atom. The maximum Gasteiger partial charge on any atom is 0.271 e. The molecule has 22 heavy (non-hydrogen) atoms. The maximum absolute atomic E-state index is 10.8. The summed E-state index contributed by atoms with van der Waals surface area (Å²) in [7, 11) is 2.09. The fraction of sp³-hybridized carbons (Fsp3) is 0.600. The molecule has 1 aliphatic heterocycles. The first-order valence-electron chi connectivity index (χ1n) is 7.53. The number of aliphatic hydroxyl groups is 1. The molecule has 1 saturated heterocycles. The Morgan fingerprint density at radius 1 is 1.45 bits per heavy atom. The third kappa shape index (κ3) is 4.09. The van der Waals surface area contributed by atoms with E-state index in [4.69, 9.17) is 16.7 Å². The van der Waals surface area contributed by atoms with Crippen molar-refractivity contribution in [2.24, 2.45) is 0 Å². The molecule has 0 aromatic heterocycles. The van der Waals surface area contributed by atoms with E-state index in [2.05, 4.69) is 16.8 Å². The van der Waals surface area contributed by atoms with Crippen molar-refractivity contribution in [3.63, 3.8) is 0 Å². The van der Waals surface area contributed by atoms with Crippen LogP contribution in [0.15, 0.2) is 18.2 Å². The van der Waals surface area contributed by atoms with E-state index in [0.717, 1.165) is 44.6 Å². The molecule has 0 unspecified atom stereocenters. The van der Waals surface area contributed by atoms with Crippen molar-refractivity contribution in [1.29, 1.82) is 0 Å². The number of benzene rings is 1. The monoisotopic (exact) mass is 327 g/mol. The second kappa shape index (κ2) is 7.76. The lowest BCUT2D eigenvalue weighted by Gasteiger charge is -2.38. The highest BCUT2D eigenvalue weighted by molar-refractivity contribution is 6.33. The summed E-state index contributed by atoms with van der Waals surface area (Å²) in [5.74, 6) is 0. The van der Waals surface area contributed by atoms with Crippen molar-refractivity contribution in [2.45, 2.75) is 25.3 Å². The Bertz CT molecular complexity index is 519. The lowest BCUT2D eigenvalue weighted by atomic mass is 10.0. The van der Waals surface area contributed by atoms with E-state index < -0.39 is 4.92 Å². The first-order valence-corrected chi connectivity index (χ1v) is 7.90. The molecular formula is C15H22ClN3O3. The van der Waals surface area contributed by atoms with Crippen LogP contribution < -0.4 is 4.90 Å². The molecule has 7 heteroatoms. The molecule has 1 aliphatic rings. The van der Waals surface area contributed by atoms with Crippen LogP contribution in [-0.2, 0) is 0 Å². The van der Waals surface area contributed by atoms with Crippen LogP contribution in [0.5, 0.6) is 0 Å². The molecule has 0 spiro atoms. The molecule has 1 aromatic rings. The summed E-state index contributed by atoms with van der Waals surface area (Å²) >= 11 is 6.19. The van der Waals surface area contributed by atoms with Crippen LogP contribution in [0.2, 0.25) is 5.02 Å². The number of non-ortho nitro benzene ring substituents is 1. The second-order valence-electron chi connectivity index (χ2n) is 5.67. The van der Waals surface area contributed by atoms with Gasteiger partial charge in [0.15, 0.2) is 0 Å². The molecule has 0 amide bonds. The highest BCUT2D eigenvalue weighted by Crippen LogP contribution is 2.32. The molecule has 1 heterocycles. The van der Waals surface area contributed by atoms with Gasteiger partial charge in [-0.3, -0.25) is 10.1 Å². The molecule has 2 rings (SSSR count). The van der Waals surface area contributed by atoms with Crippen molar-refractivity contribution < 1.29 is 10.0 Å². The Kier molecular flexibility index (Phi) is 5.99. The Balaban J connectivity index is 1.95. The van der Waals surface area contributed by atoms with E-state index in [-0.39, 0.29) is 12.3 Å². The van der Waals surface area contributed by atoms with E-state index in [1.54, 1.807) is 6.07 Å². The van der Waals surface area contributed by atoms with Gasteiger partial charge in [0, 0.05) is 44.4 Å². The van der Waals surface area contributed by atoms with Crippen molar-refractivity contribution >= 4 is 23.0 Å². The fourth-order valence-corrected chi connectivity index (χ4v) is 3.21. The Hall–Kier alpha value is -1.37. The Labute approximate surface area is 135 Å². The average molecular weight is 328 g/mol. The van der Waals surface area contributed by atoms with Crippen LogP contribution in [-0.4, -0.2) is 54.3 Å². The minimum absolute atomic E-state index is 0.0207. The predicted molar refractivity (Wildman–Crippen MR) is 87.7 cm³/mol. The van der Waals surface area contributed by atoms with E-state index in [1.807, 2.05) is 0 Å². The first kappa shape index (κ1) is 17.0. The van der Waals surface area contributed by atoms with Crippen LogP contribution in [0.1, 0.15) is 19.3 Å². The average Bonchev–Trinajstić information content (AvgIpc) is 2.52. The first-order chi connectivity index (χ1) is 10.5.